The van der Waals surface area contributed by atoms with Crippen molar-refractivity contribution in [2.75, 3.05) is 0 Å². The Bertz CT molecular complexity index is 568. The van der Waals surface area contributed by atoms with Crippen LogP contribution in [-0.2, 0) is 9.05 Å². The molecule has 0 saturated heterocycles. The molecule has 1 aromatic carbocycles. The molecule has 2 aliphatic carbocycles. The Kier molecular flexibility index (Phi) is 8.61. The topological polar surface area (TPSA) is 18.5 Å². The van der Waals surface area contributed by atoms with Crippen LogP contribution in [0.4, 0.5) is 0 Å². The van der Waals surface area contributed by atoms with Crippen LogP contribution in [0.3, 0.4) is 0 Å². The van der Waals surface area contributed by atoms with Crippen molar-refractivity contribution in [3.05, 3.63) is 30.3 Å². The Balaban J connectivity index is 1.81. The highest BCUT2D eigenvalue weighted by atomic mass is 31.2. The first-order valence-corrected chi connectivity index (χ1v) is 13.2. The van der Waals surface area contributed by atoms with Gasteiger partial charge in [-0.3, -0.25) is 0 Å². The number of benzene rings is 1. The van der Waals surface area contributed by atoms with E-state index in [0.717, 1.165) is 11.8 Å². The third-order valence-corrected chi connectivity index (χ3v) is 9.00. The fourth-order valence-electron chi connectivity index (χ4n) is 5.41. The van der Waals surface area contributed by atoms with Gasteiger partial charge >= 0.3 is 0 Å². The SMILES string of the molecule is CC(C)[C@@H]1CC[C@@H](C)C[C@H]1OP(O[C@@H]1C[C@H](C)CC[C@H]1C(C)C)c1ccccc1. The molecule has 0 heterocycles. The molecule has 3 heteroatoms. The lowest BCUT2D eigenvalue weighted by Crippen LogP contribution is -2.36. The molecule has 3 rings (SSSR count). The fraction of sp³-hybridized carbons (Fsp3) is 0.769. The first-order valence-electron chi connectivity index (χ1n) is 12.0. The van der Waals surface area contributed by atoms with E-state index in [1.54, 1.807) is 0 Å². The van der Waals surface area contributed by atoms with E-state index < -0.39 is 8.38 Å². The zero-order valence-electron chi connectivity index (χ0n) is 19.5. The van der Waals surface area contributed by atoms with Crippen molar-refractivity contribution in [3.63, 3.8) is 0 Å². The van der Waals surface area contributed by atoms with Gasteiger partial charge in [0, 0.05) is 5.30 Å². The third kappa shape index (κ3) is 6.28. The minimum Gasteiger partial charge on any atom is -0.327 e. The first-order chi connectivity index (χ1) is 13.8. The van der Waals surface area contributed by atoms with E-state index in [4.69, 9.17) is 9.05 Å². The minimum atomic E-state index is -1.04. The summed E-state index contributed by atoms with van der Waals surface area (Å²) in [5.74, 6) is 4.13. The average Bonchev–Trinajstić information content (AvgIpc) is 2.68. The van der Waals surface area contributed by atoms with Crippen LogP contribution in [0.15, 0.2) is 30.3 Å². The zero-order valence-corrected chi connectivity index (χ0v) is 20.4. The lowest BCUT2D eigenvalue weighted by Gasteiger charge is -2.41. The maximum atomic E-state index is 6.93. The van der Waals surface area contributed by atoms with Crippen LogP contribution in [0, 0.1) is 35.5 Å². The van der Waals surface area contributed by atoms with Crippen LogP contribution in [-0.4, -0.2) is 12.2 Å². The van der Waals surface area contributed by atoms with Crippen molar-refractivity contribution in [1.82, 2.24) is 0 Å². The molecule has 29 heavy (non-hydrogen) atoms. The summed E-state index contributed by atoms with van der Waals surface area (Å²) in [7, 11) is -1.04. The van der Waals surface area contributed by atoms with Gasteiger partial charge in [0.05, 0.1) is 12.2 Å². The summed E-state index contributed by atoms with van der Waals surface area (Å²) in [6.45, 7) is 14.2. The summed E-state index contributed by atoms with van der Waals surface area (Å²) < 4.78 is 13.9. The lowest BCUT2D eigenvalue weighted by atomic mass is 9.75. The van der Waals surface area contributed by atoms with E-state index in [1.807, 2.05) is 0 Å². The van der Waals surface area contributed by atoms with E-state index in [9.17, 15) is 0 Å². The molecule has 0 aromatic heterocycles. The summed E-state index contributed by atoms with van der Waals surface area (Å²) in [5, 5.41) is 1.24. The molecule has 2 aliphatic rings. The predicted molar refractivity (Wildman–Crippen MR) is 125 cm³/mol. The Morgan fingerprint density at radius 2 is 1.17 bits per heavy atom. The van der Waals surface area contributed by atoms with Crippen molar-refractivity contribution in [2.24, 2.45) is 35.5 Å². The Labute approximate surface area is 181 Å². The summed E-state index contributed by atoms with van der Waals surface area (Å²) in [5.41, 5.74) is 0. The molecule has 0 aliphatic heterocycles. The summed E-state index contributed by atoms with van der Waals surface area (Å²) in [6, 6.07) is 10.8. The second-order valence-corrected chi connectivity index (χ2v) is 12.0. The van der Waals surface area contributed by atoms with E-state index in [1.165, 1.54) is 43.8 Å². The van der Waals surface area contributed by atoms with Gasteiger partial charge in [-0.05, 0) is 73.3 Å². The smallest absolute Gasteiger partial charge is 0.205 e. The highest BCUT2D eigenvalue weighted by Crippen LogP contribution is 2.49. The van der Waals surface area contributed by atoms with Gasteiger partial charge in [-0.15, -0.1) is 0 Å². The van der Waals surface area contributed by atoms with Crippen molar-refractivity contribution in [1.29, 1.82) is 0 Å². The van der Waals surface area contributed by atoms with Crippen LogP contribution < -0.4 is 5.30 Å². The molecular weight excluding hydrogens is 375 g/mol. The number of hydrogen-bond donors (Lipinski definition) is 0. The standard InChI is InChI=1S/C26H43O2P/c1-18(2)23-14-12-20(5)16-25(23)27-29(22-10-8-7-9-11-22)28-26-17-21(6)13-15-24(26)19(3)4/h7-11,18-21,23-26H,12-17H2,1-6H3/t20-,21-,23+,24+,25-,26-/m1/s1. The van der Waals surface area contributed by atoms with Crippen LogP contribution in [0.1, 0.15) is 80.1 Å². The van der Waals surface area contributed by atoms with Gasteiger partial charge in [-0.1, -0.05) is 72.6 Å². The van der Waals surface area contributed by atoms with E-state index in [2.05, 4.69) is 71.9 Å². The Hall–Kier alpha value is -0.430. The van der Waals surface area contributed by atoms with Crippen molar-refractivity contribution in [3.8, 4) is 0 Å². The van der Waals surface area contributed by atoms with Gasteiger partial charge in [0.1, 0.15) is 0 Å². The zero-order chi connectivity index (χ0) is 21.0. The Morgan fingerprint density at radius 1 is 0.724 bits per heavy atom. The predicted octanol–water partition coefficient (Wildman–Crippen LogP) is 7.58. The van der Waals surface area contributed by atoms with Gasteiger partial charge < -0.3 is 9.05 Å². The van der Waals surface area contributed by atoms with Gasteiger partial charge in [-0.2, -0.15) is 0 Å². The van der Waals surface area contributed by atoms with Crippen molar-refractivity contribution < 1.29 is 9.05 Å². The molecule has 164 valence electrons. The normalized spacial score (nSPS) is 33.6. The van der Waals surface area contributed by atoms with Crippen LogP contribution in [0.5, 0.6) is 0 Å². The highest BCUT2D eigenvalue weighted by molar-refractivity contribution is 7.56. The van der Waals surface area contributed by atoms with Gasteiger partial charge in [0.15, 0.2) is 0 Å². The van der Waals surface area contributed by atoms with Crippen LogP contribution in [0.2, 0.25) is 0 Å². The van der Waals surface area contributed by atoms with Crippen LogP contribution >= 0.6 is 8.38 Å². The molecule has 0 bridgehead atoms. The molecule has 0 radical (unpaired) electrons. The van der Waals surface area contributed by atoms with E-state index in [0.29, 0.717) is 35.9 Å². The Morgan fingerprint density at radius 3 is 1.59 bits per heavy atom. The molecule has 0 unspecified atom stereocenters. The maximum Gasteiger partial charge on any atom is 0.205 e. The first kappa shape index (κ1) is 23.2. The molecule has 0 amide bonds. The quantitative estimate of drug-likeness (QED) is 0.425. The minimum absolute atomic E-state index is 0.323. The fourth-order valence-corrected chi connectivity index (χ4v) is 7.10. The molecule has 0 N–H and O–H groups in total. The molecule has 6 atom stereocenters. The average molecular weight is 419 g/mol. The highest BCUT2D eigenvalue weighted by Gasteiger charge is 2.38. The second kappa shape index (κ2) is 10.7. The van der Waals surface area contributed by atoms with Crippen molar-refractivity contribution in [2.45, 2.75) is 92.3 Å². The number of hydrogen-bond acceptors (Lipinski definition) is 2. The molecule has 0 spiro atoms. The molecule has 1 aromatic rings. The van der Waals surface area contributed by atoms with E-state index >= 15 is 0 Å². The monoisotopic (exact) mass is 418 g/mol. The van der Waals surface area contributed by atoms with Crippen LogP contribution in [0.25, 0.3) is 0 Å². The largest absolute Gasteiger partial charge is 0.327 e. The van der Waals surface area contributed by atoms with Gasteiger partial charge in [0.2, 0.25) is 8.38 Å². The lowest BCUT2D eigenvalue weighted by molar-refractivity contribution is 0.0130. The summed E-state index contributed by atoms with van der Waals surface area (Å²) in [4.78, 5) is 0. The molecule has 2 nitrogen and oxygen atoms in total. The van der Waals surface area contributed by atoms with E-state index in [-0.39, 0.29) is 0 Å². The number of rotatable bonds is 7. The molecule has 2 fully saturated rings. The second-order valence-electron chi connectivity index (χ2n) is 10.5. The van der Waals surface area contributed by atoms with Gasteiger partial charge in [-0.25, -0.2) is 0 Å². The maximum absolute atomic E-state index is 6.93. The van der Waals surface area contributed by atoms with Crippen molar-refractivity contribution >= 4 is 13.7 Å². The van der Waals surface area contributed by atoms with Gasteiger partial charge in [0.25, 0.3) is 0 Å². The summed E-state index contributed by atoms with van der Waals surface area (Å²) in [6.07, 6.45) is 8.24. The molecule has 2 saturated carbocycles. The molecular formula is C26H43O2P. The summed E-state index contributed by atoms with van der Waals surface area (Å²) >= 11 is 0. The third-order valence-electron chi connectivity index (χ3n) is 7.35.